The number of nitrogens with zero attached hydrogens (tertiary/aromatic N) is 1. The molecule has 0 amide bonds. The number of hydrogen-bond acceptors (Lipinski definition) is 1. The van der Waals surface area contributed by atoms with Gasteiger partial charge in [0.1, 0.15) is 6.04 Å². The van der Waals surface area contributed by atoms with Crippen LogP contribution in [0.2, 0.25) is 0 Å². The molecule has 1 aliphatic rings. The lowest BCUT2D eigenvalue weighted by atomic mass is 10.0. The van der Waals surface area contributed by atoms with Crippen molar-refractivity contribution >= 4 is 0 Å². The fraction of sp³-hybridized carbons (Fsp3) is 1.00. The molecule has 0 aliphatic heterocycles. The third-order valence-electron chi connectivity index (χ3n) is 3.11. The van der Waals surface area contributed by atoms with Crippen molar-refractivity contribution in [2.75, 3.05) is 6.54 Å². The Morgan fingerprint density at radius 3 is 2.12 bits per heavy atom. The van der Waals surface area contributed by atoms with Gasteiger partial charge >= 0.3 is 6.18 Å². The summed E-state index contributed by atoms with van der Waals surface area (Å²) in [4.78, 5) is 1.69. The van der Waals surface area contributed by atoms with Gasteiger partial charge in [0.2, 0.25) is 0 Å². The average Bonchev–Trinajstić information content (AvgIpc) is 2.91. The fourth-order valence-corrected chi connectivity index (χ4v) is 2.24. The Kier molecular flexibility index (Phi) is 4.65. The first kappa shape index (κ1) is 13.8. The minimum absolute atomic E-state index is 0.181. The summed E-state index contributed by atoms with van der Waals surface area (Å²) in [6.07, 6.45) is -0.418. The quantitative estimate of drug-likeness (QED) is 0.678. The Hall–Kier alpha value is -0.250. The van der Waals surface area contributed by atoms with Crippen LogP contribution in [-0.2, 0) is 0 Å². The van der Waals surface area contributed by atoms with Crippen LogP contribution in [0.1, 0.15) is 46.5 Å². The van der Waals surface area contributed by atoms with E-state index < -0.39 is 12.2 Å². The van der Waals surface area contributed by atoms with Crippen LogP contribution in [0.5, 0.6) is 0 Å². The third-order valence-corrected chi connectivity index (χ3v) is 3.11. The maximum atomic E-state index is 13.0. The summed E-state index contributed by atoms with van der Waals surface area (Å²) in [7, 11) is 0. The fourth-order valence-electron chi connectivity index (χ4n) is 2.24. The molecule has 1 atom stereocenters. The van der Waals surface area contributed by atoms with Crippen molar-refractivity contribution in [2.45, 2.75) is 64.7 Å². The second-order valence-electron chi connectivity index (χ2n) is 5.05. The van der Waals surface area contributed by atoms with E-state index in [2.05, 4.69) is 0 Å². The van der Waals surface area contributed by atoms with E-state index in [-0.39, 0.29) is 12.0 Å². The molecule has 0 unspecified atom stereocenters. The topological polar surface area (TPSA) is 3.24 Å². The lowest BCUT2D eigenvalue weighted by Crippen LogP contribution is -2.50. The van der Waals surface area contributed by atoms with Gasteiger partial charge in [-0.3, -0.25) is 4.90 Å². The molecule has 0 N–H and O–H groups in total. The van der Waals surface area contributed by atoms with Gasteiger partial charge in [-0.05, 0) is 31.7 Å². The lowest BCUT2D eigenvalue weighted by molar-refractivity contribution is -0.196. The van der Waals surface area contributed by atoms with Crippen LogP contribution in [0.4, 0.5) is 13.2 Å². The van der Waals surface area contributed by atoms with Crippen molar-refractivity contribution in [1.29, 1.82) is 0 Å². The predicted octanol–water partition coefficient (Wildman–Crippen LogP) is 3.84. The summed E-state index contributed by atoms with van der Waals surface area (Å²) in [6.45, 7) is 5.94. The van der Waals surface area contributed by atoms with Gasteiger partial charge in [0.25, 0.3) is 0 Å². The highest BCUT2D eigenvalue weighted by Crippen LogP contribution is 2.37. The Morgan fingerprint density at radius 1 is 1.25 bits per heavy atom. The van der Waals surface area contributed by atoms with Crippen molar-refractivity contribution in [3.05, 3.63) is 0 Å². The molecule has 0 saturated heterocycles. The minimum atomic E-state index is -4.09. The number of unbranched alkanes of at least 4 members (excludes halogenated alkanes) is 1. The summed E-state index contributed by atoms with van der Waals surface area (Å²) in [5, 5.41) is 0. The molecule has 4 heteroatoms. The minimum Gasteiger partial charge on any atom is -0.289 e. The van der Waals surface area contributed by atoms with Crippen LogP contribution in [0.15, 0.2) is 0 Å². The molecule has 96 valence electrons. The maximum Gasteiger partial charge on any atom is 0.404 e. The molecule has 1 nitrogen and oxygen atoms in total. The van der Waals surface area contributed by atoms with Crippen LogP contribution in [0, 0.1) is 5.92 Å². The average molecular weight is 237 g/mol. The van der Waals surface area contributed by atoms with Gasteiger partial charge in [-0.15, -0.1) is 0 Å². The zero-order valence-electron chi connectivity index (χ0n) is 10.3. The Morgan fingerprint density at radius 2 is 1.81 bits per heavy atom. The summed E-state index contributed by atoms with van der Waals surface area (Å²) in [5.74, 6) is -0.363. The van der Waals surface area contributed by atoms with Crippen LogP contribution in [0.3, 0.4) is 0 Å². The molecular formula is C12H22F3N. The second-order valence-corrected chi connectivity index (χ2v) is 5.05. The Labute approximate surface area is 96.0 Å². The zero-order chi connectivity index (χ0) is 12.3. The number of halogens is 3. The monoisotopic (exact) mass is 237 g/mol. The van der Waals surface area contributed by atoms with E-state index in [0.29, 0.717) is 6.54 Å². The molecule has 16 heavy (non-hydrogen) atoms. The van der Waals surface area contributed by atoms with E-state index in [4.69, 9.17) is 0 Å². The first-order valence-corrected chi connectivity index (χ1v) is 6.20. The van der Waals surface area contributed by atoms with Crippen LogP contribution < -0.4 is 0 Å². The van der Waals surface area contributed by atoms with Crippen LogP contribution in [0.25, 0.3) is 0 Å². The molecule has 1 aliphatic carbocycles. The smallest absolute Gasteiger partial charge is 0.289 e. The van der Waals surface area contributed by atoms with E-state index in [0.717, 1.165) is 25.7 Å². The standard InChI is InChI=1S/C12H22F3N/c1-4-5-8-16(10-6-7-10)11(9(2)3)12(13,14)15/h9-11H,4-8H2,1-3H3/t11-/m0/s1. The van der Waals surface area contributed by atoms with Gasteiger partial charge < -0.3 is 0 Å². The number of alkyl halides is 3. The Balaban J connectivity index is 2.71. The molecule has 1 fully saturated rings. The van der Waals surface area contributed by atoms with Gasteiger partial charge in [0, 0.05) is 6.04 Å². The first-order chi connectivity index (χ1) is 7.38. The largest absolute Gasteiger partial charge is 0.404 e. The van der Waals surface area contributed by atoms with E-state index >= 15 is 0 Å². The summed E-state index contributed by atoms with van der Waals surface area (Å²) in [5.41, 5.74) is 0. The van der Waals surface area contributed by atoms with Gasteiger partial charge in [0.05, 0.1) is 0 Å². The highest BCUT2D eigenvalue weighted by Gasteiger charge is 2.48. The van der Waals surface area contributed by atoms with Crippen molar-refractivity contribution in [3.8, 4) is 0 Å². The van der Waals surface area contributed by atoms with Gasteiger partial charge in [0.15, 0.2) is 0 Å². The van der Waals surface area contributed by atoms with Crippen LogP contribution >= 0.6 is 0 Å². The SMILES string of the molecule is CCCCN(C1CC1)[C@@H](C(C)C)C(F)(F)F. The Bertz CT molecular complexity index is 209. The van der Waals surface area contributed by atoms with Crippen LogP contribution in [-0.4, -0.2) is 29.7 Å². The lowest BCUT2D eigenvalue weighted by Gasteiger charge is -2.35. The first-order valence-electron chi connectivity index (χ1n) is 6.20. The van der Waals surface area contributed by atoms with Gasteiger partial charge in [-0.2, -0.15) is 13.2 Å². The van der Waals surface area contributed by atoms with Crippen molar-refractivity contribution in [1.82, 2.24) is 4.90 Å². The maximum absolute atomic E-state index is 13.0. The van der Waals surface area contributed by atoms with E-state index in [1.54, 1.807) is 18.7 Å². The molecule has 0 aromatic carbocycles. The van der Waals surface area contributed by atoms with Crippen molar-refractivity contribution < 1.29 is 13.2 Å². The van der Waals surface area contributed by atoms with Gasteiger partial charge in [-0.1, -0.05) is 27.2 Å². The molecule has 0 radical (unpaired) electrons. The number of hydrogen-bond donors (Lipinski definition) is 0. The molecule has 0 heterocycles. The van der Waals surface area contributed by atoms with E-state index in [9.17, 15) is 13.2 Å². The number of rotatable bonds is 6. The second kappa shape index (κ2) is 5.39. The van der Waals surface area contributed by atoms with E-state index in [1.165, 1.54) is 0 Å². The molecule has 0 aromatic rings. The highest BCUT2D eigenvalue weighted by atomic mass is 19.4. The van der Waals surface area contributed by atoms with Crippen molar-refractivity contribution in [2.24, 2.45) is 5.92 Å². The van der Waals surface area contributed by atoms with E-state index in [1.807, 2.05) is 6.92 Å². The summed E-state index contributed by atoms with van der Waals surface area (Å²) < 4.78 is 39.0. The molecular weight excluding hydrogens is 215 g/mol. The third kappa shape index (κ3) is 3.65. The molecule has 1 saturated carbocycles. The molecule has 0 aromatic heterocycles. The summed E-state index contributed by atoms with van der Waals surface area (Å²) in [6, 6.07) is -1.08. The van der Waals surface area contributed by atoms with Gasteiger partial charge in [-0.25, -0.2) is 0 Å². The highest BCUT2D eigenvalue weighted by molar-refractivity contribution is 4.92. The van der Waals surface area contributed by atoms with Crippen molar-refractivity contribution in [3.63, 3.8) is 0 Å². The molecule has 0 spiro atoms. The summed E-state index contributed by atoms with van der Waals surface area (Å²) >= 11 is 0. The molecule has 1 rings (SSSR count). The molecule has 0 bridgehead atoms. The normalized spacial score (nSPS) is 19.5. The predicted molar refractivity (Wildman–Crippen MR) is 59.3 cm³/mol. The zero-order valence-corrected chi connectivity index (χ0v) is 10.3.